The van der Waals surface area contributed by atoms with Crippen LogP contribution in [0.15, 0.2) is 66.2 Å². The highest BCUT2D eigenvalue weighted by Crippen LogP contribution is 2.20. The van der Waals surface area contributed by atoms with Gasteiger partial charge in [-0.3, -0.25) is 9.69 Å². The molecule has 1 atom stereocenters. The number of nitrogens with one attached hydrogen (secondary N) is 1. The topological polar surface area (TPSA) is 37.3 Å². The predicted molar refractivity (Wildman–Crippen MR) is 101 cm³/mol. The zero-order valence-electron chi connectivity index (χ0n) is 14.0. The standard InChI is InChI=1S/C20H21N3OS/c24-20(19-9-5-11-25-19)21-12-18-15-22-10-4-8-17(22)14-23(18)13-16-6-2-1-3-7-16/h1-11,18H,12-15H2,(H,21,24). The fraction of sp³-hybridized carbons (Fsp3) is 0.250. The van der Waals surface area contributed by atoms with Crippen LogP contribution in [0.2, 0.25) is 0 Å². The number of amides is 1. The molecule has 3 aromatic rings. The number of carbonyl (C=O) groups is 1. The monoisotopic (exact) mass is 351 g/mol. The third-order valence-electron chi connectivity index (χ3n) is 4.68. The third-order valence-corrected chi connectivity index (χ3v) is 5.55. The molecule has 25 heavy (non-hydrogen) atoms. The maximum atomic E-state index is 12.3. The Labute approximate surface area is 151 Å². The van der Waals surface area contributed by atoms with Crippen LogP contribution in [0, 0.1) is 0 Å². The van der Waals surface area contributed by atoms with E-state index in [4.69, 9.17) is 0 Å². The van der Waals surface area contributed by atoms with Crippen LogP contribution in [0.5, 0.6) is 0 Å². The van der Waals surface area contributed by atoms with E-state index in [1.54, 1.807) is 0 Å². The van der Waals surface area contributed by atoms with Crippen molar-refractivity contribution in [3.8, 4) is 0 Å². The van der Waals surface area contributed by atoms with Crippen molar-refractivity contribution in [1.82, 2.24) is 14.8 Å². The third kappa shape index (κ3) is 3.67. The molecule has 0 saturated heterocycles. The van der Waals surface area contributed by atoms with E-state index in [9.17, 15) is 4.79 Å². The van der Waals surface area contributed by atoms with E-state index in [0.717, 1.165) is 24.5 Å². The van der Waals surface area contributed by atoms with Crippen molar-refractivity contribution in [3.05, 3.63) is 82.3 Å². The summed E-state index contributed by atoms with van der Waals surface area (Å²) < 4.78 is 2.30. The molecule has 3 heterocycles. The fourth-order valence-electron chi connectivity index (χ4n) is 3.35. The van der Waals surface area contributed by atoms with Gasteiger partial charge < -0.3 is 9.88 Å². The van der Waals surface area contributed by atoms with Crippen LogP contribution in [0.3, 0.4) is 0 Å². The van der Waals surface area contributed by atoms with Gasteiger partial charge in [-0.15, -0.1) is 11.3 Å². The van der Waals surface area contributed by atoms with Crippen molar-refractivity contribution >= 4 is 17.2 Å². The fourth-order valence-corrected chi connectivity index (χ4v) is 3.99. The average molecular weight is 351 g/mol. The second-order valence-corrected chi connectivity index (χ2v) is 7.33. The zero-order chi connectivity index (χ0) is 17.1. The minimum atomic E-state index is 0.0213. The lowest BCUT2D eigenvalue weighted by atomic mass is 10.1. The minimum Gasteiger partial charge on any atom is -0.350 e. The van der Waals surface area contributed by atoms with Crippen LogP contribution in [0.1, 0.15) is 20.9 Å². The van der Waals surface area contributed by atoms with Crippen LogP contribution >= 0.6 is 11.3 Å². The van der Waals surface area contributed by atoms with Gasteiger partial charge in [0.2, 0.25) is 0 Å². The summed E-state index contributed by atoms with van der Waals surface area (Å²) >= 11 is 1.48. The number of aromatic nitrogens is 1. The lowest BCUT2D eigenvalue weighted by Gasteiger charge is -2.37. The Morgan fingerprint density at radius 3 is 2.80 bits per heavy atom. The molecule has 1 unspecified atom stereocenters. The molecule has 0 aliphatic carbocycles. The zero-order valence-corrected chi connectivity index (χ0v) is 14.8. The van der Waals surface area contributed by atoms with Crippen molar-refractivity contribution in [3.63, 3.8) is 0 Å². The van der Waals surface area contributed by atoms with Gasteiger partial charge in [0, 0.05) is 44.1 Å². The number of hydrogen-bond acceptors (Lipinski definition) is 3. The molecular weight excluding hydrogens is 330 g/mol. The van der Waals surface area contributed by atoms with Crippen molar-refractivity contribution in [2.75, 3.05) is 6.54 Å². The van der Waals surface area contributed by atoms with E-state index in [2.05, 4.69) is 57.4 Å². The summed E-state index contributed by atoms with van der Waals surface area (Å²) in [4.78, 5) is 15.5. The van der Waals surface area contributed by atoms with E-state index < -0.39 is 0 Å². The van der Waals surface area contributed by atoms with Gasteiger partial charge in [-0.2, -0.15) is 0 Å². The summed E-state index contributed by atoms with van der Waals surface area (Å²) in [5.41, 5.74) is 2.63. The largest absolute Gasteiger partial charge is 0.350 e. The molecule has 128 valence electrons. The van der Waals surface area contributed by atoms with Crippen LogP contribution < -0.4 is 5.32 Å². The summed E-state index contributed by atoms with van der Waals surface area (Å²) in [7, 11) is 0. The van der Waals surface area contributed by atoms with Gasteiger partial charge in [0.15, 0.2) is 0 Å². The molecule has 0 spiro atoms. The maximum Gasteiger partial charge on any atom is 0.261 e. The smallest absolute Gasteiger partial charge is 0.261 e. The Bertz CT molecular complexity index is 826. The molecule has 1 amide bonds. The number of benzene rings is 1. The Kier molecular flexibility index (Phi) is 4.68. The number of fused-ring (bicyclic) bond motifs is 1. The summed E-state index contributed by atoms with van der Waals surface area (Å²) in [6, 6.07) is 18.9. The van der Waals surface area contributed by atoms with Gasteiger partial charge in [0.25, 0.3) is 5.91 Å². The van der Waals surface area contributed by atoms with Gasteiger partial charge in [0.1, 0.15) is 0 Å². The van der Waals surface area contributed by atoms with Gasteiger partial charge >= 0.3 is 0 Å². The van der Waals surface area contributed by atoms with Crippen molar-refractivity contribution in [1.29, 1.82) is 0 Å². The maximum absolute atomic E-state index is 12.3. The molecule has 1 aliphatic rings. The predicted octanol–water partition coefficient (Wildman–Crippen LogP) is 3.36. The first kappa shape index (κ1) is 16.1. The van der Waals surface area contributed by atoms with Crippen molar-refractivity contribution < 1.29 is 4.79 Å². The Morgan fingerprint density at radius 2 is 2.00 bits per heavy atom. The molecule has 1 aliphatic heterocycles. The molecule has 0 fully saturated rings. The second kappa shape index (κ2) is 7.25. The first-order valence-electron chi connectivity index (χ1n) is 8.53. The highest BCUT2D eigenvalue weighted by atomic mass is 32.1. The first-order valence-corrected chi connectivity index (χ1v) is 9.41. The summed E-state index contributed by atoms with van der Waals surface area (Å²) in [5, 5.41) is 5.04. The second-order valence-electron chi connectivity index (χ2n) is 6.38. The highest BCUT2D eigenvalue weighted by molar-refractivity contribution is 7.12. The Balaban J connectivity index is 1.47. The molecule has 2 aromatic heterocycles. The van der Waals surface area contributed by atoms with E-state index in [-0.39, 0.29) is 11.9 Å². The Hall–Kier alpha value is -2.37. The Morgan fingerprint density at radius 1 is 1.12 bits per heavy atom. The number of carbonyl (C=O) groups excluding carboxylic acids is 1. The van der Waals surface area contributed by atoms with E-state index in [0.29, 0.717) is 6.54 Å². The highest BCUT2D eigenvalue weighted by Gasteiger charge is 2.26. The molecule has 1 aromatic carbocycles. The summed E-state index contributed by atoms with van der Waals surface area (Å²) in [5.74, 6) is 0.0213. The van der Waals surface area contributed by atoms with E-state index >= 15 is 0 Å². The van der Waals surface area contributed by atoms with Gasteiger partial charge in [-0.25, -0.2) is 0 Å². The molecule has 0 radical (unpaired) electrons. The van der Waals surface area contributed by atoms with Crippen LogP contribution in [0.25, 0.3) is 0 Å². The lowest BCUT2D eigenvalue weighted by molar-refractivity contribution is 0.0902. The normalized spacial score (nSPS) is 17.2. The van der Waals surface area contributed by atoms with Crippen LogP contribution in [0.4, 0.5) is 0 Å². The van der Waals surface area contributed by atoms with E-state index in [1.807, 2.05) is 23.6 Å². The van der Waals surface area contributed by atoms with Gasteiger partial charge in [-0.1, -0.05) is 36.4 Å². The van der Waals surface area contributed by atoms with Crippen LogP contribution in [-0.4, -0.2) is 28.0 Å². The van der Waals surface area contributed by atoms with Crippen molar-refractivity contribution in [2.45, 2.75) is 25.7 Å². The molecule has 0 bridgehead atoms. The molecule has 5 heteroatoms. The van der Waals surface area contributed by atoms with Crippen LogP contribution in [-0.2, 0) is 19.6 Å². The average Bonchev–Trinajstić information content (AvgIpc) is 3.32. The molecule has 1 N–H and O–H groups in total. The van der Waals surface area contributed by atoms with Gasteiger partial charge in [-0.05, 0) is 29.1 Å². The molecular formula is C20H21N3OS. The lowest BCUT2D eigenvalue weighted by Crippen LogP contribution is -2.48. The SMILES string of the molecule is O=C(NCC1Cn2cccc2CN1Cc1ccccc1)c1cccs1. The molecule has 4 nitrogen and oxygen atoms in total. The number of hydrogen-bond donors (Lipinski definition) is 1. The first-order chi connectivity index (χ1) is 12.3. The molecule has 4 rings (SSSR count). The summed E-state index contributed by atoms with van der Waals surface area (Å²) in [6.45, 7) is 3.36. The number of nitrogens with zero attached hydrogens (tertiary/aromatic N) is 2. The minimum absolute atomic E-state index is 0.0213. The van der Waals surface area contributed by atoms with E-state index in [1.165, 1.54) is 22.6 Å². The number of thiophene rings is 1. The molecule has 0 saturated carbocycles. The van der Waals surface area contributed by atoms with Gasteiger partial charge in [0.05, 0.1) is 4.88 Å². The van der Waals surface area contributed by atoms with Crippen molar-refractivity contribution in [2.24, 2.45) is 0 Å². The summed E-state index contributed by atoms with van der Waals surface area (Å²) in [6.07, 6.45) is 2.13. The quantitative estimate of drug-likeness (QED) is 0.765. The number of rotatable bonds is 5.